The number of benzene rings is 1. The number of ether oxygens (including phenoxy) is 1. The van der Waals surface area contributed by atoms with Crippen LogP contribution in [0.5, 0.6) is 5.75 Å². The molecule has 0 saturated heterocycles. The van der Waals surface area contributed by atoms with Crippen molar-refractivity contribution in [2.24, 2.45) is 5.73 Å². The molecule has 1 aromatic rings. The van der Waals surface area contributed by atoms with E-state index in [0.29, 0.717) is 12.2 Å². The van der Waals surface area contributed by atoms with Gasteiger partial charge in [0.1, 0.15) is 17.9 Å². The van der Waals surface area contributed by atoms with Crippen LogP contribution in [0.1, 0.15) is 26.2 Å². The fourth-order valence-corrected chi connectivity index (χ4v) is 4.85. The molecule has 1 aliphatic rings. The molecule has 1 aliphatic carbocycles. The first-order chi connectivity index (χ1) is 10.8. The Balaban J connectivity index is 2.25. The lowest BCUT2D eigenvalue weighted by atomic mass is 9.99. The Morgan fingerprint density at radius 1 is 1.43 bits per heavy atom. The van der Waals surface area contributed by atoms with E-state index in [4.69, 9.17) is 10.5 Å². The van der Waals surface area contributed by atoms with Gasteiger partial charge < -0.3 is 15.6 Å². The van der Waals surface area contributed by atoms with Gasteiger partial charge in [0, 0.05) is 0 Å². The Bertz CT molecular complexity index is 745. The minimum absolute atomic E-state index is 0.0504. The second-order valence-electron chi connectivity index (χ2n) is 5.46. The van der Waals surface area contributed by atoms with Gasteiger partial charge in [-0.25, -0.2) is 8.42 Å². The molecule has 3 N–H and O–H groups in total. The van der Waals surface area contributed by atoms with Gasteiger partial charge in [-0.3, -0.25) is 4.79 Å². The van der Waals surface area contributed by atoms with Crippen molar-refractivity contribution in [2.45, 2.75) is 41.9 Å². The third-order valence-electron chi connectivity index (χ3n) is 4.04. The monoisotopic (exact) mass is 337 g/mol. The minimum Gasteiger partial charge on any atom is -0.481 e. The molecule has 0 aliphatic heterocycles. The van der Waals surface area contributed by atoms with Crippen LogP contribution in [-0.2, 0) is 14.6 Å². The van der Waals surface area contributed by atoms with Gasteiger partial charge in [0.05, 0.1) is 10.1 Å². The summed E-state index contributed by atoms with van der Waals surface area (Å²) in [7, 11) is -3.82. The third-order valence-corrected chi connectivity index (χ3v) is 6.38. The lowest BCUT2D eigenvalue weighted by molar-refractivity contribution is -0.142. The van der Waals surface area contributed by atoms with E-state index in [2.05, 4.69) is 11.8 Å². The molecule has 0 radical (unpaired) electrons. The number of hydrogen-bond acceptors (Lipinski definition) is 5. The van der Waals surface area contributed by atoms with E-state index >= 15 is 0 Å². The molecule has 0 heterocycles. The van der Waals surface area contributed by atoms with Crippen molar-refractivity contribution in [2.75, 3.05) is 6.61 Å². The van der Waals surface area contributed by atoms with Gasteiger partial charge in [-0.2, -0.15) is 0 Å². The van der Waals surface area contributed by atoms with Gasteiger partial charge in [0.2, 0.25) is 0 Å². The Morgan fingerprint density at radius 2 is 2.09 bits per heavy atom. The molecular weight excluding hydrogens is 318 g/mol. The molecule has 6 nitrogen and oxygen atoms in total. The van der Waals surface area contributed by atoms with Crippen molar-refractivity contribution in [3.05, 3.63) is 24.3 Å². The highest BCUT2D eigenvalue weighted by Gasteiger charge is 2.52. The van der Waals surface area contributed by atoms with Crippen LogP contribution in [0.3, 0.4) is 0 Å². The minimum atomic E-state index is -3.82. The first-order valence-corrected chi connectivity index (χ1v) is 8.75. The smallest absolute Gasteiger partial charge is 0.325 e. The van der Waals surface area contributed by atoms with Crippen molar-refractivity contribution in [1.29, 1.82) is 0 Å². The van der Waals surface area contributed by atoms with Gasteiger partial charge in [-0.05, 0) is 50.5 Å². The molecule has 2 rings (SSSR count). The highest BCUT2D eigenvalue weighted by atomic mass is 32.2. The van der Waals surface area contributed by atoms with E-state index < -0.39 is 26.6 Å². The summed E-state index contributed by atoms with van der Waals surface area (Å²) in [5.74, 6) is 4.65. The number of carboxylic acid groups (broad SMARTS) is 1. The lowest BCUT2D eigenvalue weighted by Crippen LogP contribution is -2.56. The Hall–Kier alpha value is -2.04. The molecule has 124 valence electrons. The van der Waals surface area contributed by atoms with Gasteiger partial charge >= 0.3 is 5.97 Å². The SMILES string of the molecule is CC#CCOc1ccc(S(=O)(=O)C2CCCC2(N)C(=O)O)cc1. The predicted molar refractivity (Wildman–Crippen MR) is 84.8 cm³/mol. The zero-order valence-corrected chi connectivity index (χ0v) is 13.6. The lowest BCUT2D eigenvalue weighted by Gasteiger charge is -2.26. The highest BCUT2D eigenvalue weighted by Crippen LogP contribution is 2.36. The number of hydrogen-bond donors (Lipinski definition) is 2. The summed E-state index contributed by atoms with van der Waals surface area (Å²) in [6, 6.07) is 5.87. The highest BCUT2D eigenvalue weighted by molar-refractivity contribution is 7.92. The average Bonchev–Trinajstić information content (AvgIpc) is 2.92. The van der Waals surface area contributed by atoms with Crippen molar-refractivity contribution < 1.29 is 23.1 Å². The Morgan fingerprint density at radius 3 is 2.65 bits per heavy atom. The normalized spacial score (nSPS) is 23.8. The van der Waals surface area contributed by atoms with Crippen LogP contribution in [0.4, 0.5) is 0 Å². The number of nitrogens with two attached hydrogens (primary N) is 1. The van der Waals surface area contributed by atoms with Crippen LogP contribution in [-0.4, -0.2) is 36.9 Å². The molecule has 1 aromatic carbocycles. The van der Waals surface area contributed by atoms with E-state index in [1.54, 1.807) is 6.92 Å². The number of rotatable bonds is 5. The summed E-state index contributed by atoms with van der Waals surface area (Å²) in [6.07, 6.45) is 0.877. The number of sulfone groups is 1. The van der Waals surface area contributed by atoms with Gasteiger partial charge in [0.15, 0.2) is 9.84 Å². The summed E-state index contributed by atoms with van der Waals surface area (Å²) in [5, 5.41) is 8.18. The van der Waals surface area contributed by atoms with E-state index in [0.717, 1.165) is 0 Å². The summed E-state index contributed by atoms with van der Waals surface area (Å²) in [5.41, 5.74) is 4.13. The molecule has 0 bridgehead atoms. The maximum atomic E-state index is 12.7. The number of carbonyl (C=O) groups is 1. The number of aliphatic carboxylic acids is 1. The van der Waals surface area contributed by atoms with E-state index in [9.17, 15) is 18.3 Å². The summed E-state index contributed by atoms with van der Waals surface area (Å²) < 4.78 is 30.8. The Kier molecular flexibility index (Phi) is 4.97. The van der Waals surface area contributed by atoms with E-state index in [1.165, 1.54) is 24.3 Å². The zero-order chi connectivity index (χ0) is 17.1. The molecule has 7 heteroatoms. The molecule has 2 atom stereocenters. The largest absolute Gasteiger partial charge is 0.481 e. The topological polar surface area (TPSA) is 107 Å². The third kappa shape index (κ3) is 3.33. The summed E-state index contributed by atoms with van der Waals surface area (Å²) >= 11 is 0. The molecule has 0 amide bonds. The van der Waals surface area contributed by atoms with Crippen LogP contribution >= 0.6 is 0 Å². The van der Waals surface area contributed by atoms with E-state index in [-0.39, 0.29) is 24.3 Å². The predicted octanol–water partition coefficient (Wildman–Crippen LogP) is 1.20. The van der Waals surface area contributed by atoms with Gasteiger partial charge in [-0.1, -0.05) is 5.92 Å². The van der Waals surface area contributed by atoms with Crippen LogP contribution in [0.15, 0.2) is 29.2 Å². The molecule has 2 unspecified atom stereocenters. The van der Waals surface area contributed by atoms with Crippen LogP contribution < -0.4 is 10.5 Å². The van der Waals surface area contributed by atoms with Crippen molar-refractivity contribution in [1.82, 2.24) is 0 Å². The second kappa shape index (κ2) is 6.60. The summed E-state index contributed by atoms with van der Waals surface area (Å²) in [4.78, 5) is 11.4. The van der Waals surface area contributed by atoms with Crippen molar-refractivity contribution >= 4 is 15.8 Å². The van der Waals surface area contributed by atoms with Crippen molar-refractivity contribution in [3.63, 3.8) is 0 Å². The molecule has 0 spiro atoms. The van der Waals surface area contributed by atoms with Crippen LogP contribution in [0.2, 0.25) is 0 Å². The molecule has 1 saturated carbocycles. The van der Waals surface area contributed by atoms with E-state index in [1.807, 2.05) is 0 Å². The fourth-order valence-electron chi connectivity index (χ4n) is 2.76. The van der Waals surface area contributed by atoms with Crippen LogP contribution in [0.25, 0.3) is 0 Å². The first-order valence-electron chi connectivity index (χ1n) is 7.21. The first kappa shape index (κ1) is 17.3. The quantitative estimate of drug-likeness (QED) is 0.782. The van der Waals surface area contributed by atoms with Gasteiger partial charge in [-0.15, -0.1) is 5.92 Å². The molecular formula is C16H19NO5S. The van der Waals surface area contributed by atoms with Crippen molar-refractivity contribution in [3.8, 4) is 17.6 Å². The van der Waals surface area contributed by atoms with Gasteiger partial charge in [0.25, 0.3) is 0 Å². The number of carboxylic acids is 1. The zero-order valence-electron chi connectivity index (χ0n) is 12.8. The maximum absolute atomic E-state index is 12.7. The summed E-state index contributed by atoms with van der Waals surface area (Å²) in [6.45, 7) is 1.91. The second-order valence-corrected chi connectivity index (χ2v) is 7.59. The van der Waals surface area contributed by atoms with Crippen LogP contribution in [0, 0.1) is 11.8 Å². The Labute approximate surface area is 135 Å². The molecule has 23 heavy (non-hydrogen) atoms. The average molecular weight is 337 g/mol. The maximum Gasteiger partial charge on any atom is 0.325 e. The molecule has 1 fully saturated rings. The molecule has 0 aromatic heterocycles. The standard InChI is InChI=1S/C16H19NO5S/c1-2-3-11-22-12-6-8-13(9-7-12)23(20,21)14-5-4-10-16(14,17)15(18)19/h6-9,14H,4-5,10-11,17H2,1H3,(H,18,19). The fraction of sp³-hybridized carbons (Fsp3) is 0.438.